The monoisotopic (exact) mass is 133 g/mol. The number of rotatable bonds is 3. The minimum absolute atomic E-state index is 0.498. The summed E-state index contributed by atoms with van der Waals surface area (Å²) in [6.07, 6.45) is 1.49. The summed E-state index contributed by atoms with van der Waals surface area (Å²) in [5.41, 5.74) is 2.46. The van der Waals surface area contributed by atoms with Gasteiger partial charge in [0.1, 0.15) is 5.16 Å². The van der Waals surface area contributed by atoms with Crippen LogP contribution in [0.3, 0.4) is 0 Å². The molecule has 0 fully saturated rings. The minimum Gasteiger partial charge on any atom is -0.378 e. The fourth-order valence-electron chi connectivity index (χ4n) is 0.174. The van der Waals surface area contributed by atoms with Crippen molar-refractivity contribution < 1.29 is 0 Å². The number of hydrazone groups is 1. The van der Waals surface area contributed by atoms with E-state index in [-0.39, 0.29) is 0 Å². The summed E-state index contributed by atoms with van der Waals surface area (Å²) in [6.45, 7) is 3.17. The lowest BCUT2D eigenvalue weighted by Crippen LogP contribution is -2.03. The quantitative estimate of drug-likeness (QED) is 0.333. The Bertz CT molecular complexity index is 99.5. The maximum atomic E-state index is 5.44. The Hall–Kier alpha value is -0.700. The second kappa shape index (κ2) is 4.46. The molecule has 0 aliphatic heterocycles. The van der Waals surface area contributed by atoms with Crippen molar-refractivity contribution in [3.8, 4) is 0 Å². The molecule has 3 nitrogen and oxygen atoms in total. The zero-order valence-corrected chi connectivity index (χ0v) is 5.37. The molecular weight excluding hydrogens is 126 g/mol. The number of nitrogens with zero attached hydrogens (tertiary/aromatic N) is 1. The first-order valence-corrected chi connectivity index (χ1v) is 2.43. The van der Waals surface area contributed by atoms with E-state index in [2.05, 4.69) is 22.6 Å². The second-order valence-electron chi connectivity index (χ2n) is 1.03. The van der Waals surface area contributed by atoms with Crippen molar-refractivity contribution in [2.75, 3.05) is 7.05 Å². The van der Waals surface area contributed by atoms with E-state index in [0.29, 0.717) is 5.16 Å². The molecule has 0 aliphatic carbocycles. The molecule has 0 atom stereocenters. The van der Waals surface area contributed by atoms with Gasteiger partial charge in [0.25, 0.3) is 0 Å². The first-order chi connectivity index (χ1) is 3.81. The smallest absolute Gasteiger partial charge is 0.119 e. The van der Waals surface area contributed by atoms with Crippen LogP contribution in [0.15, 0.2) is 16.5 Å². The predicted octanol–water partition coefficient (Wildman–Crippen LogP) is 0.449. The van der Waals surface area contributed by atoms with Gasteiger partial charge in [0.2, 0.25) is 0 Å². The zero-order chi connectivity index (χ0) is 6.41. The molecule has 0 spiro atoms. The summed E-state index contributed by atoms with van der Waals surface area (Å²) in [7, 11) is 1.71. The van der Waals surface area contributed by atoms with Gasteiger partial charge in [-0.3, -0.25) is 5.43 Å². The summed E-state index contributed by atoms with van der Waals surface area (Å²) in [4.78, 5) is 0. The Balaban J connectivity index is 3.40. The minimum atomic E-state index is 0.498. The van der Waals surface area contributed by atoms with Crippen LogP contribution in [0, 0.1) is 0 Å². The highest BCUT2D eigenvalue weighted by Gasteiger charge is 1.78. The number of halogens is 1. The fraction of sp³-hybridized carbons (Fsp3) is 0.250. The third-order valence-corrected chi connectivity index (χ3v) is 0.819. The molecule has 0 aromatic carbocycles. The van der Waals surface area contributed by atoms with Crippen molar-refractivity contribution in [2.24, 2.45) is 5.10 Å². The topological polar surface area (TPSA) is 36.4 Å². The van der Waals surface area contributed by atoms with Crippen LogP contribution >= 0.6 is 11.6 Å². The lowest BCUT2D eigenvalue weighted by Gasteiger charge is -1.92. The molecule has 2 N–H and O–H groups in total. The van der Waals surface area contributed by atoms with Gasteiger partial charge in [0, 0.05) is 13.8 Å². The molecule has 0 aliphatic rings. The molecule has 46 valence electrons. The van der Waals surface area contributed by atoms with Crippen molar-refractivity contribution in [1.82, 2.24) is 10.7 Å². The SMILES string of the molecule is C=NN/C=C(/Cl)NC. The van der Waals surface area contributed by atoms with E-state index in [1.54, 1.807) is 7.05 Å². The zero-order valence-electron chi connectivity index (χ0n) is 4.61. The summed E-state index contributed by atoms with van der Waals surface area (Å²) < 4.78 is 0. The molecule has 0 aromatic rings. The number of hydrogen-bond acceptors (Lipinski definition) is 3. The third-order valence-electron chi connectivity index (χ3n) is 0.521. The normalized spacial score (nSPS) is 10.5. The molecule has 0 amide bonds. The van der Waals surface area contributed by atoms with E-state index in [1.165, 1.54) is 6.20 Å². The van der Waals surface area contributed by atoms with Crippen LogP contribution in [0.1, 0.15) is 0 Å². The van der Waals surface area contributed by atoms with E-state index >= 15 is 0 Å². The van der Waals surface area contributed by atoms with Gasteiger partial charge in [-0.1, -0.05) is 11.6 Å². The first-order valence-electron chi connectivity index (χ1n) is 2.06. The van der Waals surface area contributed by atoms with Crippen molar-refractivity contribution in [3.05, 3.63) is 11.4 Å². The third kappa shape index (κ3) is 3.49. The summed E-state index contributed by atoms with van der Waals surface area (Å²) in [6, 6.07) is 0. The molecule has 0 aromatic heterocycles. The van der Waals surface area contributed by atoms with E-state index in [1.807, 2.05) is 0 Å². The molecule has 0 radical (unpaired) electrons. The van der Waals surface area contributed by atoms with E-state index < -0.39 is 0 Å². The van der Waals surface area contributed by atoms with E-state index in [4.69, 9.17) is 11.6 Å². The maximum absolute atomic E-state index is 5.44. The summed E-state index contributed by atoms with van der Waals surface area (Å²) in [5, 5.41) is 6.50. The van der Waals surface area contributed by atoms with Gasteiger partial charge in [-0.15, -0.1) is 0 Å². The molecule has 0 saturated carbocycles. The fourth-order valence-corrected chi connectivity index (χ4v) is 0.223. The van der Waals surface area contributed by atoms with Gasteiger partial charge in [0.05, 0.1) is 6.20 Å². The van der Waals surface area contributed by atoms with Gasteiger partial charge in [0.15, 0.2) is 0 Å². The highest BCUT2D eigenvalue weighted by Crippen LogP contribution is 1.89. The standard InChI is InChI=1S/C4H8ClN3/c1-6-4(5)3-8-7-2/h3,6,8H,2H2,1H3/b4-3-. The van der Waals surface area contributed by atoms with Crippen LogP contribution < -0.4 is 10.7 Å². The van der Waals surface area contributed by atoms with Gasteiger partial charge in [-0.2, -0.15) is 5.10 Å². The van der Waals surface area contributed by atoms with Crippen LogP contribution in [0.25, 0.3) is 0 Å². The molecule has 8 heavy (non-hydrogen) atoms. The lowest BCUT2D eigenvalue weighted by atomic mass is 10.9. The van der Waals surface area contributed by atoms with Crippen molar-refractivity contribution in [1.29, 1.82) is 0 Å². The molecule has 0 heterocycles. The number of hydrogen-bond donors (Lipinski definition) is 2. The molecule has 0 rings (SSSR count). The van der Waals surface area contributed by atoms with Crippen LogP contribution in [-0.4, -0.2) is 13.8 Å². The van der Waals surface area contributed by atoms with Crippen molar-refractivity contribution >= 4 is 18.3 Å². The largest absolute Gasteiger partial charge is 0.378 e. The Labute approximate surface area is 53.4 Å². The van der Waals surface area contributed by atoms with Crippen LogP contribution in [0.2, 0.25) is 0 Å². The molecule has 0 unspecified atom stereocenters. The van der Waals surface area contributed by atoms with Crippen LogP contribution in [0.5, 0.6) is 0 Å². The summed E-state index contributed by atoms with van der Waals surface area (Å²) >= 11 is 5.44. The highest BCUT2D eigenvalue weighted by atomic mass is 35.5. The predicted molar refractivity (Wildman–Crippen MR) is 35.7 cm³/mol. The van der Waals surface area contributed by atoms with E-state index in [0.717, 1.165) is 0 Å². The highest BCUT2D eigenvalue weighted by molar-refractivity contribution is 6.29. The molecular formula is C4H8ClN3. The Kier molecular flexibility index (Phi) is 4.07. The van der Waals surface area contributed by atoms with Crippen LogP contribution in [0.4, 0.5) is 0 Å². The summed E-state index contributed by atoms with van der Waals surface area (Å²) in [5.74, 6) is 0. The Morgan fingerprint density at radius 1 is 1.88 bits per heavy atom. The Morgan fingerprint density at radius 2 is 2.50 bits per heavy atom. The average Bonchev–Trinajstić information content (AvgIpc) is 1.83. The first kappa shape index (κ1) is 7.30. The van der Waals surface area contributed by atoms with Crippen LogP contribution in [-0.2, 0) is 0 Å². The molecule has 0 saturated heterocycles. The molecule has 4 heteroatoms. The van der Waals surface area contributed by atoms with Gasteiger partial charge < -0.3 is 5.32 Å². The number of nitrogens with one attached hydrogen (secondary N) is 2. The maximum Gasteiger partial charge on any atom is 0.119 e. The second-order valence-corrected chi connectivity index (χ2v) is 1.44. The van der Waals surface area contributed by atoms with E-state index in [9.17, 15) is 0 Å². The lowest BCUT2D eigenvalue weighted by molar-refractivity contribution is 0.943. The molecule has 0 bridgehead atoms. The van der Waals surface area contributed by atoms with Crippen molar-refractivity contribution in [3.63, 3.8) is 0 Å². The van der Waals surface area contributed by atoms with Gasteiger partial charge in [-0.25, -0.2) is 0 Å². The van der Waals surface area contributed by atoms with Gasteiger partial charge >= 0.3 is 0 Å². The van der Waals surface area contributed by atoms with Crippen molar-refractivity contribution in [2.45, 2.75) is 0 Å². The average molecular weight is 134 g/mol. The van der Waals surface area contributed by atoms with Gasteiger partial charge in [-0.05, 0) is 0 Å². The Morgan fingerprint density at radius 3 is 2.88 bits per heavy atom.